The third-order valence-corrected chi connectivity index (χ3v) is 6.94. The van der Waals surface area contributed by atoms with Crippen LogP contribution in [0.15, 0.2) is 12.1 Å². The van der Waals surface area contributed by atoms with Gasteiger partial charge in [-0.05, 0) is 41.2 Å². The van der Waals surface area contributed by atoms with E-state index in [4.69, 9.17) is 14.2 Å². The highest BCUT2D eigenvalue weighted by atomic mass is 16.7. The molecule has 3 aliphatic rings. The molecule has 1 saturated carbocycles. The number of hydrogen-bond acceptors (Lipinski definition) is 5. The molecule has 0 aromatic heterocycles. The molecule has 0 amide bonds. The molecule has 1 fully saturated rings. The summed E-state index contributed by atoms with van der Waals surface area (Å²) >= 11 is 0. The van der Waals surface area contributed by atoms with Crippen LogP contribution in [0.25, 0.3) is 0 Å². The van der Waals surface area contributed by atoms with Crippen LogP contribution in [0.5, 0.6) is 5.75 Å². The highest BCUT2D eigenvalue weighted by Crippen LogP contribution is 2.59. The standard InChI is InChI=1S/C23H30O5/c1-12(2)13-7-8-14-19-17(27-22(3,4)28-20(13)19)11-15-18(21(25)26-6)16(24)9-10-23(14,15)5/h7-8,12,15,17-18H,9-11H2,1-6H3/t15-,17-,18-,23+/m0/s1. The summed E-state index contributed by atoms with van der Waals surface area (Å²) in [6.07, 6.45) is 1.55. The lowest BCUT2D eigenvalue weighted by molar-refractivity contribution is -0.218. The number of methoxy groups -OCH3 is 1. The number of ether oxygens (including phenoxy) is 3. The highest BCUT2D eigenvalue weighted by molar-refractivity contribution is 6.00. The monoisotopic (exact) mass is 386 g/mol. The zero-order valence-electron chi connectivity index (χ0n) is 17.6. The molecule has 5 heteroatoms. The van der Waals surface area contributed by atoms with Crippen LogP contribution in [0.3, 0.4) is 0 Å². The molecule has 4 atom stereocenters. The SMILES string of the molecule is COC(=O)[C@@H]1C(=O)CC[C@]2(C)c3ccc(C(C)C)c4c3[C@H](C[C@@H]12)OC(C)(C)O4. The van der Waals surface area contributed by atoms with Gasteiger partial charge < -0.3 is 14.2 Å². The van der Waals surface area contributed by atoms with Gasteiger partial charge in [0, 0.05) is 25.8 Å². The van der Waals surface area contributed by atoms with Crippen molar-refractivity contribution >= 4 is 11.8 Å². The van der Waals surface area contributed by atoms with E-state index in [2.05, 4.69) is 32.9 Å². The van der Waals surface area contributed by atoms with Crippen LogP contribution < -0.4 is 4.74 Å². The topological polar surface area (TPSA) is 61.8 Å². The molecule has 0 saturated heterocycles. The average Bonchev–Trinajstić information content (AvgIpc) is 2.61. The second-order valence-corrected chi connectivity index (χ2v) is 9.44. The molecule has 5 nitrogen and oxygen atoms in total. The normalized spacial score (nSPS) is 33.0. The Bertz CT molecular complexity index is 832. The molecule has 1 aromatic carbocycles. The highest BCUT2D eigenvalue weighted by Gasteiger charge is 2.57. The number of fused-ring (bicyclic) bond motifs is 2. The van der Waals surface area contributed by atoms with Gasteiger partial charge in [0.15, 0.2) is 0 Å². The fourth-order valence-electron chi connectivity index (χ4n) is 5.54. The zero-order valence-corrected chi connectivity index (χ0v) is 17.6. The maximum Gasteiger partial charge on any atom is 0.316 e. The van der Waals surface area contributed by atoms with Gasteiger partial charge in [-0.15, -0.1) is 0 Å². The van der Waals surface area contributed by atoms with E-state index in [0.29, 0.717) is 18.8 Å². The van der Waals surface area contributed by atoms with E-state index in [1.54, 1.807) is 0 Å². The number of ketones is 1. The van der Waals surface area contributed by atoms with E-state index in [9.17, 15) is 9.59 Å². The van der Waals surface area contributed by atoms with E-state index in [0.717, 1.165) is 23.3 Å². The smallest absolute Gasteiger partial charge is 0.316 e. The second kappa shape index (κ2) is 6.31. The van der Waals surface area contributed by atoms with E-state index < -0.39 is 17.7 Å². The molecule has 0 radical (unpaired) electrons. The van der Waals surface area contributed by atoms with Crippen molar-refractivity contribution in [2.75, 3.05) is 7.11 Å². The van der Waals surface area contributed by atoms with Crippen LogP contribution in [-0.2, 0) is 24.5 Å². The second-order valence-electron chi connectivity index (χ2n) is 9.44. The molecule has 28 heavy (non-hydrogen) atoms. The minimum absolute atomic E-state index is 0.0110. The summed E-state index contributed by atoms with van der Waals surface area (Å²) < 4.78 is 17.7. The summed E-state index contributed by atoms with van der Waals surface area (Å²) in [5.41, 5.74) is 3.17. The Morgan fingerprint density at radius 2 is 1.96 bits per heavy atom. The van der Waals surface area contributed by atoms with Crippen molar-refractivity contribution < 1.29 is 23.8 Å². The summed E-state index contributed by atoms with van der Waals surface area (Å²) in [7, 11) is 1.36. The van der Waals surface area contributed by atoms with Crippen LogP contribution in [0.4, 0.5) is 0 Å². The van der Waals surface area contributed by atoms with E-state index >= 15 is 0 Å². The summed E-state index contributed by atoms with van der Waals surface area (Å²) in [6, 6.07) is 4.32. The lowest BCUT2D eigenvalue weighted by Gasteiger charge is -2.53. The van der Waals surface area contributed by atoms with E-state index in [1.165, 1.54) is 12.7 Å². The Morgan fingerprint density at radius 3 is 2.61 bits per heavy atom. The van der Waals surface area contributed by atoms with Crippen molar-refractivity contribution in [1.29, 1.82) is 0 Å². The molecule has 0 N–H and O–H groups in total. The average molecular weight is 386 g/mol. The molecule has 152 valence electrons. The molecule has 0 unspecified atom stereocenters. The quantitative estimate of drug-likeness (QED) is 0.556. The third-order valence-electron chi connectivity index (χ3n) is 6.94. The van der Waals surface area contributed by atoms with Gasteiger partial charge in [0.2, 0.25) is 5.79 Å². The van der Waals surface area contributed by atoms with Crippen LogP contribution >= 0.6 is 0 Å². The number of esters is 1. The Hall–Kier alpha value is -1.88. The number of carbonyl (C=O) groups is 2. The Kier molecular flexibility index (Phi) is 4.38. The van der Waals surface area contributed by atoms with Crippen LogP contribution in [0, 0.1) is 11.8 Å². The Labute approximate surface area is 166 Å². The van der Waals surface area contributed by atoms with Gasteiger partial charge in [-0.2, -0.15) is 0 Å². The first kappa shape index (κ1) is 19.4. The van der Waals surface area contributed by atoms with E-state index in [1.807, 2.05) is 13.8 Å². The van der Waals surface area contributed by atoms with Gasteiger partial charge in [-0.1, -0.05) is 32.9 Å². The Morgan fingerprint density at radius 1 is 1.25 bits per heavy atom. The van der Waals surface area contributed by atoms with E-state index in [-0.39, 0.29) is 23.2 Å². The van der Waals surface area contributed by atoms with Crippen molar-refractivity contribution in [3.05, 3.63) is 28.8 Å². The predicted octanol–water partition coefficient (Wildman–Crippen LogP) is 4.43. The van der Waals surface area contributed by atoms with Crippen LogP contribution in [0.1, 0.15) is 82.6 Å². The molecule has 0 spiro atoms. The van der Waals surface area contributed by atoms with Crippen molar-refractivity contribution in [3.8, 4) is 5.75 Å². The fourth-order valence-corrected chi connectivity index (χ4v) is 5.54. The van der Waals surface area contributed by atoms with Crippen molar-refractivity contribution in [1.82, 2.24) is 0 Å². The number of carbonyl (C=O) groups excluding carboxylic acids is 2. The molecule has 4 rings (SSSR count). The van der Waals surface area contributed by atoms with Crippen molar-refractivity contribution in [2.45, 2.75) is 77.1 Å². The van der Waals surface area contributed by atoms with Gasteiger partial charge in [0.1, 0.15) is 17.5 Å². The summed E-state index contributed by atoms with van der Waals surface area (Å²) in [4.78, 5) is 25.2. The van der Waals surface area contributed by atoms with Gasteiger partial charge >= 0.3 is 5.97 Å². The third kappa shape index (κ3) is 2.70. The zero-order chi connectivity index (χ0) is 20.4. The van der Waals surface area contributed by atoms with Crippen molar-refractivity contribution in [2.24, 2.45) is 11.8 Å². The number of benzene rings is 1. The molecule has 0 bridgehead atoms. The van der Waals surface area contributed by atoms with Gasteiger partial charge in [-0.25, -0.2) is 0 Å². The lowest BCUT2D eigenvalue weighted by atomic mass is 9.53. The number of Topliss-reactive ketones (excluding diaryl/α,β-unsaturated/α-hetero) is 1. The Balaban J connectivity index is 1.92. The number of hydrogen-bond donors (Lipinski definition) is 0. The van der Waals surface area contributed by atoms with Crippen LogP contribution in [0.2, 0.25) is 0 Å². The molecular formula is C23H30O5. The maximum atomic E-state index is 12.7. The molecular weight excluding hydrogens is 356 g/mol. The summed E-state index contributed by atoms with van der Waals surface area (Å²) in [6.45, 7) is 10.4. The predicted molar refractivity (Wildman–Crippen MR) is 104 cm³/mol. The minimum Gasteiger partial charge on any atom is -0.468 e. The minimum atomic E-state index is -0.757. The first-order valence-corrected chi connectivity index (χ1v) is 10.2. The lowest BCUT2D eigenvalue weighted by Crippen LogP contribution is -2.53. The largest absolute Gasteiger partial charge is 0.468 e. The van der Waals surface area contributed by atoms with Crippen LogP contribution in [-0.4, -0.2) is 24.6 Å². The first-order valence-electron chi connectivity index (χ1n) is 10.2. The van der Waals surface area contributed by atoms with Gasteiger partial charge in [0.05, 0.1) is 13.2 Å². The number of rotatable bonds is 2. The van der Waals surface area contributed by atoms with Gasteiger partial charge in [-0.3, -0.25) is 9.59 Å². The molecule has 1 heterocycles. The van der Waals surface area contributed by atoms with Crippen molar-refractivity contribution in [3.63, 3.8) is 0 Å². The molecule has 1 aliphatic heterocycles. The fraction of sp³-hybridized carbons (Fsp3) is 0.652. The maximum absolute atomic E-state index is 12.7. The molecule has 1 aromatic rings. The van der Waals surface area contributed by atoms with Gasteiger partial charge in [0.25, 0.3) is 0 Å². The summed E-state index contributed by atoms with van der Waals surface area (Å²) in [5, 5.41) is 0. The molecule has 2 aliphatic carbocycles. The summed E-state index contributed by atoms with van der Waals surface area (Å²) in [5.74, 6) is -0.786. The first-order chi connectivity index (χ1) is 13.1.